The zero-order valence-corrected chi connectivity index (χ0v) is 16.7. The van der Waals surface area contributed by atoms with Crippen LogP contribution in [-0.2, 0) is 0 Å². The number of hydrogen-bond acceptors (Lipinski definition) is 3. The molecule has 7 heteroatoms. The molecule has 0 bridgehead atoms. The second kappa shape index (κ2) is 7.13. The number of nitrogens with zero attached hydrogens (tertiary/aromatic N) is 3. The molecule has 2 aromatic heterocycles. The summed E-state index contributed by atoms with van der Waals surface area (Å²) < 4.78 is 29.7. The molecule has 2 unspecified atom stereocenters. The molecule has 3 aromatic rings. The molecule has 1 aromatic carbocycles. The number of aromatic nitrogens is 2. The molecule has 2 atom stereocenters. The highest BCUT2D eigenvalue weighted by Gasteiger charge is 2.34. The molecule has 4 rings (SSSR count). The van der Waals surface area contributed by atoms with Gasteiger partial charge in [-0.15, -0.1) is 0 Å². The maximum absolute atomic E-state index is 14.3. The van der Waals surface area contributed by atoms with E-state index in [1.54, 1.807) is 16.8 Å². The summed E-state index contributed by atoms with van der Waals surface area (Å²) in [6, 6.07) is 9.72. The van der Waals surface area contributed by atoms with Gasteiger partial charge in [0.25, 0.3) is 5.91 Å². The van der Waals surface area contributed by atoms with Gasteiger partial charge in [-0.2, -0.15) is 5.10 Å². The number of alkyl halides is 1. The Morgan fingerprint density at radius 1 is 1.24 bits per heavy atom. The number of carbonyl (C=O) groups excluding carboxylic acids is 1. The topological polar surface area (TPSA) is 49.6 Å². The Labute approximate surface area is 168 Å². The van der Waals surface area contributed by atoms with E-state index in [0.717, 1.165) is 11.3 Å². The third kappa shape index (κ3) is 3.95. The maximum atomic E-state index is 14.3. The van der Waals surface area contributed by atoms with Crippen molar-refractivity contribution < 1.29 is 13.6 Å². The van der Waals surface area contributed by atoms with Gasteiger partial charge in [-0.3, -0.25) is 4.79 Å². The Balaban J connectivity index is 1.71. The van der Waals surface area contributed by atoms with Crippen LogP contribution in [0.15, 0.2) is 48.8 Å². The van der Waals surface area contributed by atoms with E-state index < -0.39 is 6.17 Å². The summed E-state index contributed by atoms with van der Waals surface area (Å²) in [5.41, 5.74) is 2.24. The van der Waals surface area contributed by atoms with E-state index in [0.29, 0.717) is 17.5 Å². The number of halogens is 2. The van der Waals surface area contributed by atoms with Crippen LogP contribution in [0.3, 0.4) is 0 Å². The maximum Gasteiger partial charge on any atom is 0.255 e. The largest absolute Gasteiger partial charge is 0.361 e. The summed E-state index contributed by atoms with van der Waals surface area (Å²) in [5.74, 6) is -0.548. The van der Waals surface area contributed by atoms with Crippen LogP contribution in [0.5, 0.6) is 0 Å². The molecule has 152 valence electrons. The van der Waals surface area contributed by atoms with Gasteiger partial charge in [-0.1, -0.05) is 12.1 Å². The normalized spacial score (nSPS) is 19.7. The highest BCUT2D eigenvalue weighted by Crippen LogP contribution is 2.38. The van der Waals surface area contributed by atoms with Crippen LogP contribution in [0.1, 0.15) is 49.2 Å². The van der Waals surface area contributed by atoms with Crippen LogP contribution >= 0.6 is 0 Å². The number of carbonyl (C=O) groups is 1. The average Bonchev–Trinajstić information content (AvgIpc) is 3.23. The second-order valence-electron chi connectivity index (χ2n) is 8.53. The summed E-state index contributed by atoms with van der Waals surface area (Å²) in [6.07, 6.45) is 2.58. The molecular formula is C22H24F2N4O. The fourth-order valence-electron chi connectivity index (χ4n) is 3.83. The van der Waals surface area contributed by atoms with Crippen LogP contribution < -0.4 is 10.2 Å². The summed E-state index contributed by atoms with van der Waals surface area (Å²) in [7, 11) is 0. The van der Waals surface area contributed by atoms with Crippen LogP contribution in [-0.4, -0.2) is 33.8 Å². The van der Waals surface area contributed by atoms with E-state index in [-0.39, 0.29) is 29.8 Å². The molecule has 0 spiro atoms. The van der Waals surface area contributed by atoms with Gasteiger partial charge in [0.1, 0.15) is 12.0 Å². The van der Waals surface area contributed by atoms with Gasteiger partial charge < -0.3 is 10.2 Å². The monoisotopic (exact) mass is 398 g/mol. The number of pyridine rings is 1. The molecule has 1 amide bonds. The minimum absolute atomic E-state index is 0.212. The molecule has 1 fully saturated rings. The molecule has 0 aliphatic carbocycles. The summed E-state index contributed by atoms with van der Waals surface area (Å²) >= 11 is 0. The molecule has 1 saturated heterocycles. The third-order valence-corrected chi connectivity index (χ3v) is 5.05. The highest BCUT2D eigenvalue weighted by atomic mass is 19.1. The van der Waals surface area contributed by atoms with Gasteiger partial charge >= 0.3 is 0 Å². The molecule has 5 nitrogen and oxygen atoms in total. The van der Waals surface area contributed by atoms with Crippen LogP contribution in [0.25, 0.3) is 5.52 Å². The zero-order chi connectivity index (χ0) is 20.8. The number of hydrogen-bond donors (Lipinski definition) is 1. The molecule has 1 aliphatic rings. The van der Waals surface area contributed by atoms with Crippen LogP contribution in [0.2, 0.25) is 0 Å². The molecule has 1 N–H and O–H groups in total. The fourth-order valence-corrected chi connectivity index (χ4v) is 3.83. The SMILES string of the molecule is CC(C)(C)NC(=O)c1cnn2ccc(N3CC(F)CC3c3cccc(F)c3)cc12. The van der Waals surface area contributed by atoms with E-state index in [2.05, 4.69) is 10.4 Å². The number of fused-ring (bicyclic) bond motifs is 1. The quantitative estimate of drug-likeness (QED) is 0.716. The van der Waals surface area contributed by atoms with Crippen molar-refractivity contribution in [3.8, 4) is 0 Å². The van der Waals surface area contributed by atoms with Gasteiger partial charge in [-0.25, -0.2) is 13.3 Å². The van der Waals surface area contributed by atoms with Crippen molar-refractivity contribution in [3.05, 3.63) is 65.7 Å². The second-order valence-corrected chi connectivity index (χ2v) is 8.53. The van der Waals surface area contributed by atoms with Gasteiger partial charge in [0.05, 0.1) is 23.3 Å². The number of rotatable bonds is 3. The first kappa shape index (κ1) is 19.4. The minimum Gasteiger partial charge on any atom is -0.361 e. The van der Waals surface area contributed by atoms with Crippen LogP contribution in [0.4, 0.5) is 14.5 Å². The predicted molar refractivity (Wildman–Crippen MR) is 108 cm³/mol. The standard InChI is InChI=1S/C22H24F2N4O/c1-22(2,3)26-21(29)18-12-25-28-8-7-17(11-20(18)28)27-13-16(24)10-19(27)14-5-4-6-15(23)9-14/h4-9,11-12,16,19H,10,13H2,1-3H3,(H,26,29). The van der Waals surface area contributed by atoms with Crippen molar-refractivity contribution >= 4 is 17.1 Å². The summed E-state index contributed by atoms with van der Waals surface area (Å²) in [4.78, 5) is 14.6. The van der Waals surface area contributed by atoms with Crippen molar-refractivity contribution in [2.24, 2.45) is 0 Å². The number of benzene rings is 1. The molecular weight excluding hydrogens is 374 g/mol. The first-order chi connectivity index (χ1) is 13.7. The number of amides is 1. The Morgan fingerprint density at radius 2 is 2.03 bits per heavy atom. The van der Waals surface area contributed by atoms with Gasteiger partial charge in [-0.05, 0) is 50.6 Å². The van der Waals surface area contributed by atoms with Crippen molar-refractivity contribution in [2.75, 3.05) is 11.4 Å². The van der Waals surface area contributed by atoms with E-state index in [4.69, 9.17) is 0 Å². The van der Waals surface area contributed by atoms with Gasteiger partial charge in [0.2, 0.25) is 0 Å². The molecule has 1 aliphatic heterocycles. The van der Waals surface area contributed by atoms with Crippen molar-refractivity contribution in [1.82, 2.24) is 14.9 Å². The van der Waals surface area contributed by atoms with Crippen molar-refractivity contribution in [3.63, 3.8) is 0 Å². The molecule has 3 heterocycles. The minimum atomic E-state index is -1.01. The van der Waals surface area contributed by atoms with E-state index in [1.807, 2.05) is 43.9 Å². The van der Waals surface area contributed by atoms with Crippen LogP contribution in [0, 0.1) is 5.82 Å². The molecule has 0 radical (unpaired) electrons. The lowest BCUT2D eigenvalue weighted by Crippen LogP contribution is -2.40. The lowest BCUT2D eigenvalue weighted by atomic mass is 10.0. The fraction of sp³-hybridized carbons (Fsp3) is 0.364. The Bertz CT molecular complexity index is 1060. The zero-order valence-electron chi connectivity index (χ0n) is 16.7. The van der Waals surface area contributed by atoms with E-state index in [9.17, 15) is 13.6 Å². The van der Waals surface area contributed by atoms with E-state index in [1.165, 1.54) is 18.3 Å². The first-order valence-corrected chi connectivity index (χ1v) is 9.67. The third-order valence-electron chi connectivity index (χ3n) is 5.05. The lowest BCUT2D eigenvalue weighted by Gasteiger charge is -2.27. The molecule has 0 saturated carbocycles. The summed E-state index contributed by atoms with van der Waals surface area (Å²) in [6.45, 7) is 5.96. The van der Waals surface area contributed by atoms with Crippen molar-refractivity contribution in [2.45, 2.75) is 44.9 Å². The number of nitrogens with one attached hydrogen (secondary N) is 1. The van der Waals surface area contributed by atoms with Gasteiger partial charge in [0.15, 0.2) is 0 Å². The van der Waals surface area contributed by atoms with Crippen molar-refractivity contribution in [1.29, 1.82) is 0 Å². The predicted octanol–water partition coefficient (Wildman–Crippen LogP) is 4.29. The average molecular weight is 398 g/mol. The van der Waals surface area contributed by atoms with Gasteiger partial charge in [0, 0.05) is 30.4 Å². The first-order valence-electron chi connectivity index (χ1n) is 9.67. The van der Waals surface area contributed by atoms with E-state index >= 15 is 0 Å². The molecule has 29 heavy (non-hydrogen) atoms. The smallest absolute Gasteiger partial charge is 0.255 e. The summed E-state index contributed by atoms with van der Waals surface area (Å²) in [5, 5.41) is 7.20. The Hall–Kier alpha value is -2.96. The Morgan fingerprint density at radius 3 is 2.76 bits per heavy atom. The lowest BCUT2D eigenvalue weighted by molar-refractivity contribution is 0.0921. The number of anilines is 1. The highest BCUT2D eigenvalue weighted by molar-refractivity contribution is 6.01. The Kier molecular flexibility index (Phi) is 4.76.